The molecule has 0 heterocycles. The third-order valence-electron chi connectivity index (χ3n) is 4.03. The van der Waals surface area contributed by atoms with Crippen molar-refractivity contribution in [3.05, 3.63) is 0 Å². The van der Waals surface area contributed by atoms with Crippen molar-refractivity contribution in [3.8, 4) is 0 Å². The van der Waals surface area contributed by atoms with Crippen LogP contribution in [0.25, 0.3) is 0 Å². The van der Waals surface area contributed by atoms with Gasteiger partial charge in [-0.05, 0) is 24.2 Å². The Morgan fingerprint density at radius 2 is 1.92 bits per heavy atom. The highest BCUT2D eigenvalue weighted by molar-refractivity contribution is 5.10. The summed E-state index contributed by atoms with van der Waals surface area (Å²) in [5.74, 6) is 0.759. The van der Waals surface area contributed by atoms with Crippen molar-refractivity contribution in [3.63, 3.8) is 0 Å². The summed E-state index contributed by atoms with van der Waals surface area (Å²) in [4.78, 5) is 0. The fourth-order valence-corrected chi connectivity index (χ4v) is 2.06. The van der Waals surface area contributed by atoms with Crippen LogP contribution in [0.5, 0.6) is 0 Å². The average molecular weight is 169 g/mol. The molecule has 2 N–H and O–H groups in total. The molecule has 0 amide bonds. The summed E-state index contributed by atoms with van der Waals surface area (Å²) in [6.45, 7) is 9.26. The Morgan fingerprint density at radius 3 is 2.25 bits per heavy atom. The SMILES string of the molecule is CCCC(C)C(C)(C)C1(N)CC1. The topological polar surface area (TPSA) is 26.0 Å². The molecule has 1 saturated carbocycles. The lowest BCUT2D eigenvalue weighted by atomic mass is 9.70. The van der Waals surface area contributed by atoms with E-state index in [0.717, 1.165) is 5.92 Å². The van der Waals surface area contributed by atoms with E-state index in [1.165, 1.54) is 25.7 Å². The predicted octanol–water partition coefficient (Wildman–Crippen LogP) is 2.94. The van der Waals surface area contributed by atoms with Crippen molar-refractivity contribution in [1.29, 1.82) is 0 Å². The minimum atomic E-state index is 0.168. The Bertz CT molecular complexity index is 156. The van der Waals surface area contributed by atoms with Gasteiger partial charge in [0.2, 0.25) is 0 Å². The maximum atomic E-state index is 6.26. The van der Waals surface area contributed by atoms with E-state index < -0.39 is 0 Å². The standard InChI is InChI=1S/C11H23N/c1-5-6-9(2)10(3,4)11(12)7-8-11/h9H,5-8,12H2,1-4H3. The molecule has 0 spiro atoms. The van der Waals surface area contributed by atoms with Crippen molar-refractivity contribution in [1.82, 2.24) is 0 Å². The molecule has 0 saturated heterocycles. The van der Waals surface area contributed by atoms with Crippen molar-refractivity contribution in [2.24, 2.45) is 17.1 Å². The molecule has 0 aromatic carbocycles. The molecule has 1 aliphatic rings. The molecule has 1 nitrogen and oxygen atoms in total. The van der Waals surface area contributed by atoms with Gasteiger partial charge in [0.15, 0.2) is 0 Å². The van der Waals surface area contributed by atoms with Crippen molar-refractivity contribution in [2.45, 2.75) is 58.9 Å². The second kappa shape index (κ2) is 3.02. The first-order valence-corrected chi connectivity index (χ1v) is 5.23. The van der Waals surface area contributed by atoms with Gasteiger partial charge in [-0.3, -0.25) is 0 Å². The number of hydrogen-bond donors (Lipinski definition) is 1. The second-order valence-corrected chi connectivity index (χ2v) is 5.07. The number of hydrogen-bond acceptors (Lipinski definition) is 1. The quantitative estimate of drug-likeness (QED) is 0.688. The lowest BCUT2D eigenvalue weighted by Crippen LogP contribution is -2.44. The Balaban J connectivity index is 2.57. The van der Waals surface area contributed by atoms with E-state index in [-0.39, 0.29) is 5.54 Å². The molecular weight excluding hydrogens is 146 g/mol. The molecule has 1 fully saturated rings. The van der Waals surface area contributed by atoms with E-state index in [1.54, 1.807) is 0 Å². The molecule has 0 aromatic heterocycles. The van der Waals surface area contributed by atoms with Gasteiger partial charge in [-0.25, -0.2) is 0 Å². The van der Waals surface area contributed by atoms with E-state index in [0.29, 0.717) is 5.41 Å². The minimum absolute atomic E-state index is 0.168. The van der Waals surface area contributed by atoms with Gasteiger partial charge in [0.1, 0.15) is 0 Å². The van der Waals surface area contributed by atoms with Crippen LogP contribution in [0.4, 0.5) is 0 Å². The third kappa shape index (κ3) is 1.52. The van der Waals surface area contributed by atoms with Crippen molar-refractivity contribution < 1.29 is 0 Å². The zero-order valence-corrected chi connectivity index (χ0v) is 8.98. The summed E-state index contributed by atoms with van der Waals surface area (Å²) in [5.41, 5.74) is 6.76. The van der Waals surface area contributed by atoms with Gasteiger partial charge in [-0.2, -0.15) is 0 Å². The Kier molecular flexibility index (Phi) is 2.53. The molecule has 0 aromatic rings. The first-order chi connectivity index (χ1) is 5.44. The van der Waals surface area contributed by atoms with E-state index in [2.05, 4.69) is 27.7 Å². The monoisotopic (exact) mass is 169 g/mol. The van der Waals surface area contributed by atoms with Gasteiger partial charge >= 0.3 is 0 Å². The van der Waals surface area contributed by atoms with Crippen LogP contribution < -0.4 is 5.73 Å². The van der Waals surface area contributed by atoms with Crippen LogP contribution in [0.1, 0.15) is 53.4 Å². The van der Waals surface area contributed by atoms with Crippen molar-refractivity contribution in [2.75, 3.05) is 0 Å². The van der Waals surface area contributed by atoms with Crippen LogP contribution in [0.15, 0.2) is 0 Å². The summed E-state index contributed by atoms with van der Waals surface area (Å²) >= 11 is 0. The molecular formula is C11H23N. The van der Waals surface area contributed by atoms with Gasteiger partial charge in [0, 0.05) is 5.54 Å². The maximum Gasteiger partial charge on any atom is 0.0210 e. The first kappa shape index (κ1) is 10.0. The highest BCUT2D eigenvalue weighted by Gasteiger charge is 2.52. The van der Waals surface area contributed by atoms with E-state index >= 15 is 0 Å². The smallest absolute Gasteiger partial charge is 0.0210 e. The molecule has 1 unspecified atom stereocenters. The molecule has 1 rings (SSSR count). The van der Waals surface area contributed by atoms with Crippen LogP contribution in [-0.2, 0) is 0 Å². The Morgan fingerprint density at radius 1 is 1.42 bits per heavy atom. The average Bonchev–Trinajstić information content (AvgIpc) is 2.70. The van der Waals surface area contributed by atoms with Crippen LogP contribution in [0.3, 0.4) is 0 Å². The lowest BCUT2D eigenvalue weighted by molar-refractivity contribution is 0.155. The summed E-state index contributed by atoms with van der Waals surface area (Å²) in [5, 5.41) is 0. The highest BCUT2D eigenvalue weighted by atomic mass is 14.9. The van der Waals surface area contributed by atoms with Gasteiger partial charge in [-0.1, -0.05) is 40.5 Å². The lowest BCUT2D eigenvalue weighted by Gasteiger charge is -2.38. The Hall–Kier alpha value is -0.0400. The molecule has 1 heteroatoms. The van der Waals surface area contributed by atoms with Crippen molar-refractivity contribution >= 4 is 0 Å². The van der Waals surface area contributed by atoms with Crippen LogP contribution in [0.2, 0.25) is 0 Å². The molecule has 0 bridgehead atoms. The zero-order valence-electron chi connectivity index (χ0n) is 8.98. The third-order valence-corrected chi connectivity index (χ3v) is 4.03. The normalized spacial score (nSPS) is 23.8. The fraction of sp³-hybridized carbons (Fsp3) is 1.00. The molecule has 1 aliphatic carbocycles. The predicted molar refractivity (Wildman–Crippen MR) is 54.0 cm³/mol. The van der Waals surface area contributed by atoms with Gasteiger partial charge < -0.3 is 5.73 Å². The van der Waals surface area contributed by atoms with E-state index in [4.69, 9.17) is 5.73 Å². The molecule has 0 aliphatic heterocycles. The second-order valence-electron chi connectivity index (χ2n) is 5.07. The molecule has 0 radical (unpaired) electrons. The molecule has 1 atom stereocenters. The summed E-state index contributed by atoms with van der Waals surface area (Å²) in [6.07, 6.45) is 5.05. The Labute approximate surface area is 76.7 Å². The van der Waals surface area contributed by atoms with Crippen LogP contribution >= 0.6 is 0 Å². The van der Waals surface area contributed by atoms with Gasteiger partial charge in [-0.15, -0.1) is 0 Å². The summed E-state index contributed by atoms with van der Waals surface area (Å²) in [6, 6.07) is 0. The molecule has 72 valence electrons. The maximum absolute atomic E-state index is 6.26. The fourth-order valence-electron chi connectivity index (χ4n) is 2.06. The minimum Gasteiger partial charge on any atom is -0.325 e. The van der Waals surface area contributed by atoms with Crippen LogP contribution in [-0.4, -0.2) is 5.54 Å². The zero-order chi connectivity index (χ0) is 9.41. The number of nitrogens with two attached hydrogens (primary N) is 1. The largest absolute Gasteiger partial charge is 0.325 e. The van der Waals surface area contributed by atoms with E-state index in [9.17, 15) is 0 Å². The highest BCUT2D eigenvalue weighted by Crippen LogP contribution is 2.52. The number of rotatable bonds is 4. The van der Waals surface area contributed by atoms with Gasteiger partial charge in [0.25, 0.3) is 0 Å². The summed E-state index contributed by atoms with van der Waals surface area (Å²) < 4.78 is 0. The van der Waals surface area contributed by atoms with Gasteiger partial charge in [0.05, 0.1) is 0 Å². The van der Waals surface area contributed by atoms with Crippen LogP contribution in [0, 0.1) is 11.3 Å². The summed E-state index contributed by atoms with van der Waals surface area (Å²) in [7, 11) is 0. The molecule has 12 heavy (non-hydrogen) atoms. The van der Waals surface area contributed by atoms with E-state index in [1.807, 2.05) is 0 Å². The first-order valence-electron chi connectivity index (χ1n) is 5.23.